The van der Waals surface area contributed by atoms with Crippen LogP contribution in [-0.4, -0.2) is 74.0 Å². The van der Waals surface area contributed by atoms with Crippen molar-refractivity contribution in [1.82, 2.24) is 25.2 Å². The van der Waals surface area contributed by atoms with Crippen LogP contribution < -0.4 is 25.0 Å². The van der Waals surface area contributed by atoms with Crippen molar-refractivity contribution in [3.8, 4) is 11.5 Å². The molecule has 1 unspecified atom stereocenters. The molecule has 0 spiro atoms. The summed E-state index contributed by atoms with van der Waals surface area (Å²) in [6, 6.07) is 11.9. The van der Waals surface area contributed by atoms with E-state index in [4.69, 9.17) is 14.6 Å². The lowest BCUT2D eigenvalue weighted by Crippen LogP contribution is -2.48. The van der Waals surface area contributed by atoms with Crippen molar-refractivity contribution in [2.75, 3.05) is 24.7 Å². The molecular weight excluding hydrogens is 570 g/mol. The number of amides is 2. The first kappa shape index (κ1) is 30.9. The second-order valence-electron chi connectivity index (χ2n) is 13.4. The monoisotopic (exact) mass is 616 g/mol. The molecule has 4 heterocycles. The lowest BCUT2D eigenvalue weighted by Gasteiger charge is -2.33. The lowest BCUT2D eigenvalue weighted by molar-refractivity contribution is -0.406. The smallest absolute Gasteiger partial charge is 0.406 e. The van der Waals surface area contributed by atoms with E-state index in [1.807, 2.05) is 53.1 Å². The number of carbonyl (C=O) groups is 1. The number of aromatic nitrogens is 3. The third kappa shape index (κ3) is 6.93. The normalized spacial score (nSPS) is 22.1. The summed E-state index contributed by atoms with van der Waals surface area (Å²) < 4.78 is 16.2. The zero-order valence-corrected chi connectivity index (χ0v) is 26.8. The van der Waals surface area contributed by atoms with Crippen LogP contribution in [0.3, 0.4) is 0 Å². The number of carbonyl (C=O) groups excluding carboxylic acids is 1. The van der Waals surface area contributed by atoms with Gasteiger partial charge in [-0.3, -0.25) is 4.40 Å². The molecule has 11 heteroatoms. The molecule has 3 aromatic rings. The van der Waals surface area contributed by atoms with E-state index in [2.05, 4.69) is 58.0 Å². The zero-order valence-electron chi connectivity index (χ0n) is 26.8. The number of aliphatic hydroxyl groups excluding tert-OH is 1. The van der Waals surface area contributed by atoms with Gasteiger partial charge in [0.1, 0.15) is 29.5 Å². The second-order valence-corrected chi connectivity index (χ2v) is 13.4. The molecule has 45 heavy (non-hydrogen) atoms. The Morgan fingerprint density at radius 2 is 1.89 bits per heavy atom. The van der Waals surface area contributed by atoms with Crippen molar-refractivity contribution < 1.29 is 24.0 Å². The first-order valence-electron chi connectivity index (χ1n) is 16.3. The number of rotatable bonds is 9. The zero-order chi connectivity index (χ0) is 31.6. The Hall–Kier alpha value is -4.12. The Bertz CT molecular complexity index is 1580. The van der Waals surface area contributed by atoms with Gasteiger partial charge in [0.2, 0.25) is 5.95 Å². The highest BCUT2D eigenvalue weighted by molar-refractivity contribution is 6.00. The van der Waals surface area contributed by atoms with Crippen LogP contribution in [0.15, 0.2) is 54.5 Å². The fourth-order valence-corrected chi connectivity index (χ4v) is 6.50. The van der Waals surface area contributed by atoms with E-state index >= 15 is 0 Å². The van der Waals surface area contributed by atoms with Gasteiger partial charge >= 0.3 is 6.03 Å². The lowest BCUT2D eigenvalue weighted by atomic mass is 9.86. The maximum Gasteiger partial charge on any atom is 0.406 e. The predicted molar refractivity (Wildman–Crippen MR) is 173 cm³/mol. The van der Waals surface area contributed by atoms with E-state index in [0.717, 1.165) is 66.8 Å². The molecule has 0 radical (unpaired) electrons. The Morgan fingerprint density at radius 3 is 2.64 bits per heavy atom. The van der Waals surface area contributed by atoms with Gasteiger partial charge in [-0.05, 0) is 76.1 Å². The van der Waals surface area contributed by atoms with Gasteiger partial charge in [0.15, 0.2) is 5.65 Å². The van der Waals surface area contributed by atoms with E-state index in [-0.39, 0.29) is 36.8 Å². The molecule has 0 bridgehead atoms. The van der Waals surface area contributed by atoms with Crippen molar-refractivity contribution >= 4 is 29.0 Å². The van der Waals surface area contributed by atoms with Crippen LogP contribution >= 0.6 is 0 Å². The number of pyridine rings is 1. The van der Waals surface area contributed by atoms with Crippen LogP contribution in [0.4, 0.5) is 16.4 Å². The average molecular weight is 617 g/mol. The Labute approximate surface area is 264 Å². The summed E-state index contributed by atoms with van der Waals surface area (Å²) in [7, 11) is 0. The second kappa shape index (κ2) is 13.1. The first-order valence-corrected chi connectivity index (χ1v) is 16.3. The minimum atomic E-state index is -0.214. The molecule has 1 atom stereocenters. The van der Waals surface area contributed by atoms with Gasteiger partial charge in [-0.2, -0.15) is 9.89 Å². The molecule has 2 amide bonds. The number of piperidine rings is 1. The summed E-state index contributed by atoms with van der Waals surface area (Å²) in [4.78, 5) is 15.5. The quantitative estimate of drug-likeness (QED) is 0.285. The molecule has 3 N–H and O–H groups in total. The molecule has 6 rings (SSSR count). The van der Waals surface area contributed by atoms with Gasteiger partial charge in [0.25, 0.3) is 5.82 Å². The summed E-state index contributed by atoms with van der Waals surface area (Å²) in [6.07, 6.45) is 11.1. The van der Waals surface area contributed by atoms with Crippen LogP contribution in [0.5, 0.6) is 11.5 Å². The van der Waals surface area contributed by atoms with Crippen LogP contribution in [0.1, 0.15) is 72.6 Å². The number of hydrogen-bond donors (Lipinski definition) is 3. The standard InChI is InChI=1S/C34H45N7O4/c1-23-8-5-6-17-39(23)33-38-37-30-16-15-28(22-40(30)33)45-26-13-11-24(12-14-26)35-32(43)36-31-21-29(34(2,3)4)41(31)25-9-7-10-27(20-25)44-19-18-42/h7,9-10,15-16,20-24,26,42H,5-6,8,11-14,17-19H2,1-4H3,(H,35,43)/p+1. The number of ether oxygens (including phenoxy) is 2. The molecule has 1 aromatic carbocycles. The number of fused-ring (bicyclic) bond motifs is 1. The Balaban J connectivity index is 1.03. The molecule has 1 saturated carbocycles. The highest BCUT2D eigenvalue weighted by Gasteiger charge is 2.38. The minimum Gasteiger partial charge on any atom is -0.491 e. The Kier molecular flexibility index (Phi) is 8.98. The Morgan fingerprint density at radius 1 is 1.07 bits per heavy atom. The molecule has 1 aliphatic carbocycles. The summed E-state index contributed by atoms with van der Waals surface area (Å²) in [5, 5.41) is 24.3. The number of nitrogens with zero attached hydrogens (tertiary/aromatic N) is 5. The maximum absolute atomic E-state index is 13.1. The van der Waals surface area contributed by atoms with E-state index in [0.29, 0.717) is 11.8 Å². The maximum atomic E-state index is 13.1. The van der Waals surface area contributed by atoms with Gasteiger partial charge in [-0.15, -0.1) is 10.2 Å². The SMILES string of the molecule is CC1CCCCN1c1nnc2ccc(OC3CCC(NC(=O)NC4=CC(C(C)(C)C)=[N+]4c4cccc(OCCO)c4)CC3)cn12. The number of aliphatic hydroxyl groups is 1. The van der Waals surface area contributed by atoms with Crippen LogP contribution in [-0.2, 0) is 0 Å². The minimum absolute atomic E-state index is 0.0493. The number of allylic oxidation sites excluding steroid dienone is 1. The molecule has 2 aromatic heterocycles. The van der Waals surface area contributed by atoms with Gasteiger partial charge < -0.3 is 24.8 Å². The fraction of sp³-hybridized carbons (Fsp3) is 0.529. The van der Waals surface area contributed by atoms with Crippen LogP contribution in [0.25, 0.3) is 5.65 Å². The molecule has 3 aliphatic rings. The topological polar surface area (TPSA) is 116 Å². The van der Waals surface area contributed by atoms with Crippen molar-refractivity contribution in [2.24, 2.45) is 5.41 Å². The fourth-order valence-electron chi connectivity index (χ4n) is 6.50. The van der Waals surface area contributed by atoms with Gasteiger partial charge in [0, 0.05) is 30.1 Å². The van der Waals surface area contributed by atoms with Crippen LogP contribution in [0, 0.1) is 5.41 Å². The van der Waals surface area contributed by atoms with Gasteiger partial charge in [0.05, 0.1) is 25.0 Å². The number of nitrogens with one attached hydrogen (secondary N) is 2. The molecular formula is C34H46N7O4+. The molecule has 11 nitrogen and oxygen atoms in total. The van der Waals surface area contributed by atoms with Crippen molar-refractivity contribution in [1.29, 1.82) is 0 Å². The van der Waals surface area contributed by atoms with E-state index < -0.39 is 0 Å². The summed E-state index contributed by atoms with van der Waals surface area (Å²) in [5.74, 6) is 3.09. The van der Waals surface area contributed by atoms with Crippen molar-refractivity contribution in [3.63, 3.8) is 0 Å². The summed E-state index contributed by atoms with van der Waals surface area (Å²) in [6.45, 7) is 9.87. The highest BCUT2D eigenvalue weighted by atomic mass is 16.5. The largest absolute Gasteiger partial charge is 0.491 e. The van der Waals surface area contributed by atoms with E-state index in [1.165, 1.54) is 19.3 Å². The number of hydrogen-bond acceptors (Lipinski definition) is 7. The molecule has 2 aliphatic heterocycles. The van der Waals surface area contributed by atoms with Crippen molar-refractivity contribution in [3.05, 3.63) is 54.5 Å². The van der Waals surface area contributed by atoms with E-state index in [1.54, 1.807) is 0 Å². The first-order chi connectivity index (χ1) is 21.7. The van der Waals surface area contributed by atoms with E-state index in [9.17, 15) is 4.79 Å². The number of anilines is 1. The van der Waals surface area contributed by atoms with Crippen molar-refractivity contribution in [2.45, 2.75) is 90.8 Å². The highest BCUT2D eigenvalue weighted by Crippen LogP contribution is 2.32. The third-order valence-corrected chi connectivity index (χ3v) is 8.93. The summed E-state index contributed by atoms with van der Waals surface area (Å²) >= 11 is 0. The number of benzene rings is 1. The summed E-state index contributed by atoms with van der Waals surface area (Å²) in [5.41, 5.74) is 2.70. The average Bonchev–Trinajstić information content (AvgIpc) is 3.42. The molecule has 2 fully saturated rings. The van der Waals surface area contributed by atoms with Gasteiger partial charge in [-0.1, -0.05) is 26.8 Å². The van der Waals surface area contributed by atoms with Crippen LogP contribution in [0.2, 0.25) is 0 Å². The number of urea groups is 1. The molecule has 240 valence electrons. The third-order valence-electron chi connectivity index (χ3n) is 8.93. The molecule has 1 saturated heterocycles. The predicted octanol–water partition coefficient (Wildman–Crippen LogP) is 5.15. The van der Waals surface area contributed by atoms with Gasteiger partial charge in [-0.25, -0.2) is 4.79 Å².